The second kappa shape index (κ2) is 6.58. The number of rotatable bonds is 3. The Balaban J connectivity index is 2.31. The molecule has 0 aliphatic carbocycles. The normalized spacial score (nSPS) is 10.5. The molecule has 7 heteroatoms. The van der Waals surface area contributed by atoms with Crippen LogP contribution in [-0.2, 0) is 7.05 Å². The molecule has 2 aromatic rings. The molecule has 0 radical (unpaired) electrons. The minimum absolute atomic E-state index is 0.0823. The number of hydrogen-bond donors (Lipinski definition) is 2. The summed E-state index contributed by atoms with van der Waals surface area (Å²) in [6, 6.07) is 10.3. The molecule has 1 amide bonds. The van der Waals surface area contributed by atoms with Crippen LogP contribution in [0.5, 0.6) is 5.88 Å². The molecule has 7 nitrogen and oxygen atoms in total. The number of aromatic hydroxyl groups is 1. The molecule has 0 unspecified atom stereocenters. The lowest BCUT2D eigenvalue weighted by Crippen LogP contribution is -2.23. The monoisotopic (exact) mass is 310 g/mol. The standard InChI is InChI=1S/C16H14N4O3/c1-10-12(8-17)15(22)20(2)16(23)13(10)9-18-19-14(21)11-6-4-3-5-7-11/h3-7,9,23H,1-2H3,(H,19,21). The van der Waals surface area contributed by atoms with Crippen LogP contribution in [0.25, 0.3) is 0 Å². The van der Waals surface area contributed by atoms with Crippen molar-refractivity contribution in [2.45, 2.75) is 6.92 Å². The molecule has 2 N–H and O–H groups in total. The molecule has 0 aliphatic rings. The average molecular weight is 310 g/mol. The van der Waals surface area contributed by atoms with Crippen LogP contribution in [-0.4, -0.2) is 21.8 Å². The van der Waals surface area contributed by atoms with Gasteiger partial charge < -0.3 is 5.11 Å². The molecule has 2 rings (SSSR count). The molecule has 0 spiro atoms. The highest BCUT2D eigenvalue weighted by atomic mass is 16.3. The Morgan fingerprint density at radius 2 is 2.04 bits per heavy atom. The summed E-state index contributed by atoms with van der Waals surface area (Å²) in [5, 5.41) is 22.8. The first-order valence-corrected chi connectivity index (χ1v) is 6.68. The number of carbonyl (C=O) groups is 1. The van der Waals surface area contributed by atoms with E-state index in [1.165, 1.54) is 20.2 Å². The van der Waals surface area contributed by atoms with Crippen LogP contribution >= 0.6 is 0 Å². The zero-order valence-electron chi connectivity index (χ0n) is 12.6. The number of nitriles is 1. The Bertz CT molecular complexity index is 877. The van der Waals surface area contributed by atoms with Gasteiger partial charge in [0.25, 0.3) is 11.5 Å². The van der Waals surface area contributed by atoms with E-state index in [-0.39, 0.29) is 17.0 Å². The fourth-order valence-corrected chi connectivity index (χ4v) is 2.00. The van der Waals surface area contributed by atoms with E-state index in [2.05, 4.69) is 10.5 Å². The van der Waals surface area contributed by atoms with Crippen molar-refractivity contribution in [1.82, 2.24) is 9.99 Å². The molecule has 1 aromatic carbocycles. The summed E-state index contributed by atoms with van der Waals surface area (Å²) in [6.45, 7) is 1.53. The predicted octanol–water partition coefficient (Wildman–Crippen LogP) is 1.03. The van der Waals surface area contributed by atoms with Gasteiger partial charge in [-0.2, -0.15) is 10.4 Å². The van der Waals surface area contributed by atoms with Gasteiger partial charge in [0, 0.05) is 12.6 Å². The minimum atomic E-state index is -0.590. The number of hydrazone groups is 1. The largest absolute Gasteiger partial charge is 0.494 e. The summed E-state index contributed by atoms with van der Waals surface area (Å²) in [5.74, 6) is -0.742. The van der Waals surface area contributed by atoms with Gasteiger partial charge in [-0.05, 0) is 24.6 Å². The molecule has 0 saturated heterocycles. The van der Waals surface area contributed by atoms with E-state index >= 15 is 0 Å². The minimum Gasteiger partial charge on any atom is -0.494 e. The van der Waals surface area contributed by atoms with Crippen LogP contribution in [0.15, 0.2) is 40.2 Å². The first-order chi connectivity index (χ1) is 11.0. The third kappa shape index (κ3) is 3.11. The van der Waals surface area contributed by atoms with Crippen LogP contribution in [0.3, 0.4) is 0 Å². The number of aromatic nitrogens is 1. The van der Waals surface area contributed by atoms with Gasteiger partial charge in [-0.1, -0.05) is 18.2 Å². The van der Waals surface area contributed by atoms with E-state index in [0.717, 1.165) is 4.57 Å². The van der Waals surface area contributed by atoms with E-state index in [9.17, 15) is 14.7 Å². The smallest absolute Gasteiger partial charge is 0.271 e. The van der Waals surface area contributed by atoms with Gasteiger partial charge in [0.05, 0.1) is 11.8 Å². The summed E-state index contributed by atoms with van der Waals surface area (Å²) in [5.41, 5.74) is 2.57. The maximum atomic E-state index is 11.9. The van der Waals surface area contributed by atoms with E-state index in [1.54, 1.807) is 36.4 Å². The number of pyridine rings is 1. The lowest BCUT2D eigenvalue weighted by atomic mass is 10.1. The van der Waals surface area contributed by atoms with Crippen molar-refractivity contribution in [2.24, 2.45) is 12.1 Å². The number of hydrogen-bond acceptors (Lipinski definition) is 5. The zero-order valence-corrected chi connectivity index (χ0v) is 12.6. The molecular formula is C16H14N4O3. The van der Waals surface area contributed by atoms with Crippen molar-refractivity contribution < 1.29 is 9.90 Å². The highest BCUT2D eigenvalue weighted by Crippen LogP contribution is 2.18. The molecular weight excluding hydrogens is 296 g/mol. The van der Waals surface area contributed by atoms with Crippen molar-refractivity contribution in [3.63, 3.8) is 0 Å². The molecule has 1 aromatic heterocycles. The van der Waals surface area contributed by atoms with Crippen LogP contribution < -0.4 is 11.0 Å². The average Bonchev–Trinajstić information content (AvgIpc) is 2.57. The molecule has 1 heterocycles. The number of amides is 1. The fraction of sp³-hybridized carbons (Fsp3) is 0.125. The Morgan fingerprint density at radius 3 is 2.65 bits per heavy atom. The Hall–Kier alpha value is -3.40. The lowest BCUT2D eigenvalue weighted by molar-refractivity contribution is 0.0955. The summed E-state index contributed by atoms with van der Waals surface area (Å²) in [6.07, 6.45) is 1.20. The van der Waals surface area contributed by atoms with E-state index < -0.39 is 11.5 Å². The highest BCUT2D eigenvalue weighted by molar-refractivity contribution is 5.95. The van der Waals surface area contributed by atoms with Gasteiger partial charge in [-0.3, -0.25) is 14.2 Å². The summed E-state index contributed by atoms with van der Waals surface area (Å²) in [7, 11) is 1.35. The SMILES string of the molecule is Cc1c(C=NNC(=O)c2ccccc2)c(O)n(C)c(=O)c1C#N. The second-order valence-corrected chi connectivity index (χ2v) is 4.78. The van der Waals surface area contributed by atoms with Crippen LogP contribution in [0.2, 0.25) is 0 Å². The number of nitrogens with zero attached hydrogens (tertiary/aromatic N) is 3. The van der Waals surface area contributed by atoms with Gasteiger partial charge in [0.1, 0.15) is 11.6 Å². The van der Waals surface area contributed by atoms with Crippen molar-refractivity contribution in [3.05, 3.63) is 62.9 Å². The number of nitrogens with one attached hydrogen (secondary N) is 1. The van der Waals surface area contributed by atoms with Crippen molar-refractivity contribution >= 4 is 12.1 Å². The topological polar surface area (TPSA) is 107 Å². The van der Waals surface area contributed by atoms with Crippen molar-refractivity contribution in [2.75, 3.05) is 0 Å². The summed E-state index contributed by atoms with van der Waals surface area (Å²) < 4.78 is 0.950. The van der Waals surface area contributed by atoms with Gasteiger partial charge >= 0.3 is 0 Å². The molecule has 0 fully saturated rings. The Labute approximate surface area is 132 Å². The summed E-state index contributed by atoms with van der Waals surface area (Å²) in [4.78, 5) is 23.7. The predicted molar refractivity (Wildman–Crippen MR) is 84.3 cm³/mol. The van der Waals surface area contributed by atoms with Crippen molar-refractivity contribution in [1.29, 1.82) is 5.26 Å². The second-order valence-electron chi connectivity index (χ2n) is 4.78. The zero-order chi connectivity index (χ0) is 17.0. The number of carbonyl (C=O) groups excluding carboxylic acids is 1. The third-order valence-electron chi connectivity index (χ3n) is 3.36. The van der Waals surface area contributed by atoms with Gasteiger partial charge in [-0.25, -0.2) is 5.43 Å². The van der Waals surface area contributed by atoms with Crippen LogP contribution in [0.1, 0.15) is 27.0 Å². The quantitative estimate of drug-likeness (QED) is 0.652. The van der Waals surface area contributed by atoms with E-state index in [0.29, 0.717) is 11.1 Å². The first-order valence-electron chi connectivity index (χ1n) is 6.68. The van der Waals surface area contributed by atoms with Gasteiger partial charge in [0.15, 0.2) is 0 Å². The third-order valence-corrected chi connectivity index (χ3v) is 3.36. The lowest BCUT2D eigenvalue weighted by Gasteiger charge is -2.09. The molecule has 0 bridgehead atoms. The van der Waals surface area contributed by atoms with E-state index in [4.69, 9.17) is 5.26 Å². The van der Waals surface area contributed by atoms with E-state index in [1.807, 2.05) is 0 Å². The van der Waals surface area contributed by atoms with Gasteiger partial charge in [-0.15, -0.1) is 0 Å². The molecule has 23 heavy (non-hydrogen) atoms. The molecule has 0 atom stereocenters. The fourth-order valence-electron chi connectivity index (χ4n) is 2.00. The molecule has 0 aliphatic heterocycles. The number of benzene rings is 1. The Morgan fingerprint density at radius 1 is 1.39 bits per heavy atom. The molecule has 116 valence electrons. The first kappa shape index (κ1) is 16.0. The Kier molecular flexibility index (Phi) is 4.57. The maximum absolute atomic E-state index is 11.9. The van der Waals surface area contributed by atoms with Crippen molar-refractivity contribution in [3.8, 4) is 11.9 Å². The molecule has 0 saturated carbocycles. The summed E-state index contributed by atoms with van der Waals surface area (Å²) >= 11 is 0. The van der Waals surface area contributed by atoms with Crippen LogP contribution in [0, 0.1) is 18.3 Å². The maximum Gasteiger partial charge on any atom is 0.271 e. The van der Waals surface area contributed by atoms with Gasteiger partial charge in [0.2, 0.25) is 5.88 Å². The van der Waals surface area contributed by atoms with Crippen LogP contribution in [0.4, 0.5) is 0 Å². The highest BCUT2D eigenvalue weighted by Gasteiger charge is 2.15.